The number of esters is 1. The van der Waals surface area contributed by atoms with E-state index >= 15 is 0 Å². The van der Waals surface area contributed by atoms with E-state index in [4.69, 9.17) is 4.74 Å². The van der Waals surface area contributed by atoms with Crippen LogP contribution in [0.4, 0.5) is 16.5 Å². The van der Waals surface area contributed by atoms with Gasteiger partial charge in [0.2, 0.25) is 0 Å². The number of anilines is 2. The Bertz CT molecular complexity index is 833. The van der Waals surface area contributed by atoms with E-state index in [2.05, 4.69) is 15.6 Å². The van der Waals surface area contributed by atoms with Crippen LogP contribution in [0.3, 0.4) is 0 Å². The van der Waals surface area contributed by atoms with Gasteiger partial charge in [0.25, 0.3) is 11.6 Å². The van der Waals surface area contributed by atoms with Crippen molar-refractivity contribution in [3.63, 3.8) is 0 Å². The van der Waals surface area contributed by atoms with Gasteiger partial charge in [-0.2, -0.15) is 0 Å². The Kier molecular flexibility index (Phi) is 5.65. The number of aromatic nitrogens is 1. The highest BCUT2D eigenvalue weighted by Crippen LogP contribution is 2.26. The molecule has 1 aromatic heterocycles. The predicted molar refractivity (Wildman–Crippen MR) is 93.4 cm³/mol. The Morgan fingerprint density at radius 1 is 1.40 bits per heavy atom. The fraction of sp³-hybridized carbons (Fsp3) is 0.267. The highest BCUT2D eigenvalue weighted by Gasteiger charge is 2.20. The lowest BCUT2D eigenvalue weighted by Gasteiger charge is -2.08. The van der Waals surface area contributed by atoms with Crippen molar-refractivity contribution in [2.45, 2.75) is 13.8 Å². The first-order valence-electron chi connectivity index (χ1n) is 7.29. The fourth-order valence-electron chi connectivity index (χ4n) is 2.05. The van der Waals surface area contributed by atoms with Gasteiger partial charge in [0.1, 0.15) is 4.88 Å². The van der Waals surface area contributed by atoms with Crippen molar-refractivity contribution in [2.24, 2.45) is 0 Å². The van der Waals surface area contributed by atoms with Gasteiger partial charge in [0.05, 0.1) is 22.8 Å². The molecule has 2 N–H and O–H groups in total. The summed E-state index contributed by atoms with van der Waals surface area (Å²) in [5.74, 6) is -1.08. The maximum Gasteiger partial charge on any atom is 0.350 e. The summed E-state index contributed by atoms with van der Waals surface area (Å²) in [7, 11) is 1.60. The topological polar surface area (TPSA) is 123 Å². The molecule has 10 heteroatoms. The van der Waals surface area contributed by atoms with E-state index in [0.717, 1.165) is 11.3 Å². The summed E-state index contributed by atoms with van der Waals surface area (Å²) in [5, 5.41) is 16.5. The quantitative estimate of drug-likeness (QED) is 0.459. The van der Waals surface area contributed by atoms with Gasteiger partial charge in [-0.1, -0.05) is 11.3 Å². The van der Waals surface area contributed by atoms with Gasteiger partial charge in [-0.05, 0) is 19.9 Å². The summed E-state index contributed by atoms with van der Waals surface area (Å²) in [6, 6.07) is 3.92. The molecule has 1 aromatic carbocycles. The number of non-ortho nitro benzene ring substituents is 1. The van der Waals surface area contributed by atoms with Crippen LogP contribution in [0.15, 0.2) is 18.2 Å². The van der Waals surface area contributed by atoms with Crippen molar-refractivity contribution in [2.75, 3.05) is 24.3 Å². The number of carbonyl (C=O) groups excluding carboxylic acids is 2. The van der Waals surface area contributed by atoms with Crippen LogP contribution in [0.5, 0.6) is 0 Å². The van der Waals surface area contributed by atoms with Crippen LogP contribution in [-0.2, 0) is 4.74 Å². The highest BCUT2D eigenvalue weighted by atomic mass is 32.1. The van der Waals surface area contributed by atoms with Crippen molar-refractivity contribution in [1.29, 1.82) is 0 Å². The number of hydrogen-bond acceptors (Lipinski definition) is 8. The molecule has 0 saturated carbocycles. The number of aryl methyl sites for hydroxylation is 1. The number of thiazole rings is 1. The lowest BCUT2D eigenvalue weighted by atomic mass is 10.1. The van der Waals surface area contributed by atoms with Crippen molar-refractivity contribution in [1.82, 2.24) is 4.98 Å². The van der Waals surface area contributed by atoms with E-state index in [1.54, 1.807) is 20.9 Å². The van der Waals surface area contributed by atoms with Crippen LogP contribution in [0.2, 0.25) is 0 Å². The number of nitro benzene ring substituents is 1. The van der Waals surface area contributed by atoms with E-state index < -0.39 is 16.8 Å². The Labute approximate surface area is 147 Å². The zero-order valence-corrected chi connectivity index (χ0v) is 14.6. The Balaban J connectivity index is 2.28. The molecule has 2 rings (SSSR count). The van der Waals surface area contributed by atoms with Gasteiger partial charge < -0.3 is 10.1 Å². The molecule has 25 heavy (non-hydrogen) atoms. The van der Waals surface area contributed by atoms with Gasteiger partial charge in [0, 0.05) is 24.9 Å². The standard InChI is InChI=1S/C15H16N4O5S/c1-4-24-14(21)12-8(2)17-15(25-12)18-13(20)10-7-9(19(22)23)5-6-11(10)16-3/h5-7,16H,4H2,1-3H3,(H,17,18,20). The van der Waals surface area contributed by atoms with Crippen molar-refractivity contribution >= 4 is 39.7 Å². The molecule has 0 spiro atoms. The van der Waals surface area contributed by atoms with E-state index in [1.165, 1.54) is 18.2 Å². The van der Waals surface area contributed by atoms with E-state index in [-0.39, 0.29) is 23.0 Å². The molecular formula is C15H16N4O5S. The second-order valence-corrected chi connectivity index (χ2v) is 5.84. The highest BCUT2D eigenvalue weighted by molar-refractivity contribution is 7.17. The Hall–Kier alpha value is -3.01. The summed E-state index contributed by atoms with van der Waals surface area (Å²) < 4.78 is 4.92. The first kappa shape index (κ1) is 18.3. The number of hydrogen-bond donors (Lipinski definition) is 2. The maximum atomic E-state index is 12.5. The Morgan fingerprint density at radius 3 is 2.72 bits per heavy atom. The molecule has 0 aliphatic carbocycles. The molecule has 0 bridgehead atoms. The average molecular weight is 364 g/mol. The normalized spacial score (nSPS) is 10.2. The zero-order chi connectivity index (χ0) is 18.6. The molecule has 1 heterocycles. The molecule has 2 aromatic rings. The minimum Gasteiger partial charge on any atom is -0.462 e. The minimum atomic E-state index is -0.581. The second-order valence-electron chi connectivity index (χ2n) is 4.85. The molecule has 0 aliphatic heterocycles. The van der Waals surface area contributed by atoms with Crippen LogP contribution in [0.25, 0.3) is 0 Å². The third kappa shape index (κ3) is 4.10. The third-order valence-electron chi connectivity index (χ3n) is 3.21. The van der Waals surface area contributed by atoms with Crippen LogP contribution >= 0.6 is 11.3 Å². The van der Waals surface area contributed by atoms with Crippen molar-refractivity contribution in [3.05, 3.63) is 44.4 Å². The number of amides is 1. The van der Waals surface area contributed by atoms with Gasteiger partial charge >= 0.3 is 5.97 Å². The van der Waals surface area contributed by atoms with Crippen LogP contribution in [-0.4, -0.2) is 35.4 Å². The van der Waals surface area contributed by atoms with E-state index in [9.17, 15) is 19.7 Å². The molecule has 0 radical (unpaired) electrons. The summed E-state index contributed by atoms with van der Waals surface area (Å²) in [5.41, 5.74) is 0.766. The number of rotatable bonds is 6. The maximum absolute atomic E-state index is 12.5. The smallest absolute Gasteiger partial charge is 0.350 e. The third-order valence-corrected chi connectivity index (χ3v) is 4.26. The molecule has 132 valence electrons. The monoisotopic (exact) mass is 364 g/mol. The average Bonchev–Trinajstić information content (AvgIpc) is 2.94. The molecule has 0 atom stereocenters. The van der Waals surface area contributed by atoms with Crippen LogP contribution in [0.1, 0.15) is 32.6 Å². The van der Waals surface area contributed by atoms with Gasteiger partial charge in [0.15, 0.2) is 5.13 Å². The molecule has 1 amide bonds. The summed E-state index contributed by atoms with van der Waals surface area (Å²) >= 11 is 0.983. The van der Waals surface area contributed by atoms with Gasteiger partial charge in [-0.25, -0.2) is 9.78 Å². The second kappa shape index (κ2) is 7.71. The van der Waals surface area contributed by atoms with E-state index in [1.807, 2.05) is 0 Å². The van der Waals surface area contributed by atoms with Gasteiger partial charge in [-0.3, -0.25) is 20.2 Å². The number of nitrogens with zero attached hydrogens (tertiary/aromatic N) is 2. The SMILES string of the molecule is CCOC(=O)c1sc(NC(=O)c2cc([N+](=O)[O-])ccc2NC)nc1C. The zero-order valence-electron chi connectivity index (χ0n) is 13.8. The van der Waals surface area contributed by atoms with Crippen LogP contribution < -0.4 is 10.6 Å². The first-order chi connectivity index (χ1) is 11.9. The summed E-state index contributed by atoms with van der Waals surface area (Å²) in [6.07, 6.45) is 0. The Morgan fingerprint density at radius 2 is 2.12 bits per heavy atom. The summed E-state index contributed by atoms with van der Waals surface area (Å²) in [6.45, 7) is 3.56. The lowest BCUT2D eigenvalue weighted by molar-refractivity contribution is -0.384. The minimum absolute atomic E-state index is 0.0993. The first-order valence-corrected chi connectivity index (χ1v) is 8.11. The molecule has 0 aliphatic rings. The van der Waals surface area contributed by atoms with Gasteiger partial charge in [-0.15, -0.1) is 0 Å². The van der Waals surface area contributed by atoms with Crippen molar-refractivity contribution < 1.29 is 19.2 Å². The molecule has 0 saturated heterocycles. The molecule has 9 nitrogen and oxygen atoms in total. The number of nitrogens with one attached hydrogen (secondary N) is 2. The summed E-state index contributed by atoms with van der Waals surface area (Å²) in [4.78, 5) is 39.0. The largest absolute Gasteiger partial charge is 0.462 e. The number of ether oxygens (including phenoxy) is 1. The van der Waals surface area contributed by atoms with Crippen LogP contribution in [0, 0.1) is 17.0 Å². The molecule has 0 unspecified atom stereocenters. The number of nitro groups is 1. The number of carbonyl (C=O) groups is 2. The molecule has 0 fully saturated rings. The fourth-order valence-corrected chi connectivity index (χ4v) is 2.91. The van der Waals surface area contributed by atoms with Crippen molar-refractivity contribution in [3.8, 4) is 0 Å². The van der Waals surface area contributed by atoms with E-state index in [0.29, 0.717) is 16.3 Å². The lowest BCUT2D eigenvalue weighted by Crippen LogP contribution is -2.14. The predicted octanol–water partition coefficient (Wildman–Crippen LogP) is 2.83. The molecular weight excluding hydrogens is 348 g/mol. The number of benzene rings is 1.